The van der Waals surface area contributed by atoms with Gasteiger partial charge in [-0.15, -0.1) is 0 Å². The van der Waals surface area contributed by atoms with Crippen molar-refractivity contribution in [1.82, 2.24) is 24.7 Å². The van der Waals surface area contributed by atoms with Crippen LogP contribution in [0.1, 0.15) is 0 Å². The van der Waals surface area contributed by atoms with Gasteiger partial charge in [-0.3, -0.25) is 4.90 Å². The van der Waals surface area contributed by atoms with Gasteiger partial charge in [-0.25, -0.2) is 4.98 Å². The second kappa shape index (κ2) is 10.4. The van der Waals surface area contributed by atoms with E-state index in [0.29, 0.717) is 5.95 Å². The number of benzene rings is 1. The molecule has 152 valence electrons. The number of hydrogen-bond donors (Lipinski definition) is 2. The number of hydrogen-bond acceptors (Lipinski definition) is 7. The third kappa shape index (κ3) is 6.44. The van der Waals surface area contributed by atoms with E-state index in [4.69, 9.17) is 4.98 Å². The van der Waals surface area contributed by atoms with E-state index in [0.717, 1.165) is 69.4 Å². The summed E-state index contributed by atoms with van der Waals surface area (Å²) in [7, 11) is 6.31. The molecule has 28 heavy (non-hydrogen) atoms. The van der Waals surface area contributed by atoms with Gasteiger partial charge in [0, 0.05) is 64.0 Å². The molecule has 1 aliphatic rings. The van der Waals surface area contributed by atoms with Gasteiger partial charge < -0.3 is 20.4 Å². The van der Waals surface area contributed by atoms with Crippen molar-refractivity contribution in [3.8, 4) is 11.3 Å². The van der Waals surface area contributed by atoms with Gasteiger partial charge in [0.25, 0.3) is 0 Å². The number of rotatable bonds is 9. The van der Waals surface area contributed by atoms with E-state index in [1.165, 1.54) is 0 Å². The molecule has 0 amide bonds. The van der Waals surface area contributed by atoms with E-state index in [9.17, 15) is 0 Å². The monoisotopic (exact) mass is 383 g/mol. The van der Waals surface area contributed by atoms with Crippen LogP contribution in [0.4, 0.5) is 11.8 Å². The smallest absolute Gasteiger partial charge is 0.225 e. The van der Waals surface area contributed by atoms with Crippen molar-refractivity contribution in [3.63, 3.8) is 0 Å². The minimum absolute atomic E-state index is 0.672. The first-order valence-electron chi connectivity index (χ1n) is 10.1. The maximum absolute atomic E-state index is 4.71. The summed E-state index contributed by atoms with van der Waals surface area (Å²) in [4.78, 5) is 16.4. The minimum Gasteiger partial charge on any atom is -0.369 e. The first-order valence-corrected chi connectivity index (χ1v) is 10.1. The first kappa shape index (κ1) is 20.5. The predicted molar refractivity (Wildman–Crippen MR) is 117 cm³/mol. The van der Waals surface area contributed by atoms with Crippen molar-refractivity contribution in [3.05, 3.63) is 36.4 Å². The summed E-state index contributed by atoms with van der Waals surface area (Å²) in [6.45, 7) is 8.21. The fraction of sp³-hybridized carbons (Fsp3) is 0.524. The molecule has 0 bridgehead atoms. The molecule has 0 aliphatic carbocycles. The molecule has 1 aromatic carbocycles. The normalized spacial score (nSPS) is 15.7. The first-order chi connectivity index (χ1) is 13.6. The molecule has 0 saturated carbocycles. The summed E-state index contributed by atoms with van der Waals surface area (Å²) in [5.74, 6) is 1.54. The molecule has 0 radical (unpaired) electrons. The summed E-state index contributed by atoms with van der Waals surface area (Å²) in [6.07, 6.45) is 0. The Morgan fingerprint density at radius 1 is 0.964 bits per heavy atom. The Morgan fingerprint density at radius 2 is 1.71 bits per heavy atom. The molecular formula is C21H33N7. The highest BCUT2D eigenvalue weighted by atomic mass is 15.3. The van der Waals surface area contributed by atoms with Crippen molar-refractivity contribution in [2.75, 3.05) is 84.1 Å². The molecule has 0 atom stereocenters. The SMILES string of the molecule is CN(C)CCNc1nc(NCCN2CCN(C)CC2)cc(-c2ccccc2)n1. The standard InChI is InChI=1S/C21H33N7/c1-26(2)11-9-23-21-24-19(18-7-5-4-6-8-18)17-20(25-21)22-10-12-28-15-13-27(3)14-16-28/h4-8,17H,9-16H2,1-3H3,(H2,22,23,24,25). The van der Waals surface area contributed by atoms with Gasteiger partial charge in [0.1, 0.15) is 5.82 Å². The van der Waals surface area contributed by atoms with Crippen LogP contribution in [-0.4, -0.2) is 98.2 Å². The van der Waals surface area contributed by atoms with Gasteiger partial charge in [-0.2, -0.15) is 4.98 Å². The molecule has 7 nitrogen and oxygen atoms in total. The average Bonchev–Trinajstić information content (AvgIpc) is 2.70. The third-order valence-electron chi connectivity index (χ3n) is 4.97. The third-order valence-corrected chi connectivity index (χ3v) is 4.97. The van der Waals surface area contributed by atoms with Crippen LogP contribution in [0.3, 0.4) is 0 Å². The topological polar surface area (TPSA) is 59.6 Å². The van der Waals surface area contributed by atoms with Crippen LogP contribution in [0, 0.1) is 0 Å². The Labute approximate surface area is 168 Å². The number of nitrogens with zero attached hydrogens (tertiary/aromatic N) is 5. The quantitative estimate of drug-likeness (QED) is 0.684. The lowest BCUT2D eigenvalue weighted by Crippen LogP contribution is -2.45. The molecule has 0 unspecified atom stereocenters. The molecule has 1 fully saturated rings. The lowest BCUT2D eigenvalue weighted by atomic mass is 10.1. The molecule has 1 aromatic heterocycles. The number of nitrogens with one attached hydrogen (secondary N) is 2. The maximum Gasteiger partial charge on any atom is 0.225 e. The van der Waals surface area contributed by atoms with Gasteiger partial charge >= 0.3 is 0 Å². The number of piperazine rings is 1. The Morgan fingerprint density at radius 3 is 2.43 bits per heavy atom. The highest BCUT2D eigenvalue weighted by molar-refractivity contribution is 5.64. The summed E-state index contributed by atoms with van der Waals surface area (Å²) >= 11 is 0. The molecule has 2 heterocycles. The molecule has 1 aliphatic heterocycles. The summed E-state index contributed by atoms with van der Waals surface area (Å²) < 4.78 is 0. The highest BCUT2D eigenvalue weighted by Gasteiger charge is 2.13. The van der Waals surface area contributed by atoms with Crippen LogP contribution in [0.2, 0.25) is 0 Å². The summed E-state index contributed by atoms with van der Waals surface area (Å²) in [6, 6.07) is 12.3. The molecular weight excluding hydrogens is 350 g/mol. The van der Waals surface area contributed by atoms with E-state index in [2.05, 4.69) is 63.6 Å². The number of anilines is 2. The van der Waals surface area contributed by atoms with Crippen molar-refractivity contribution in [2.24, 2.45) is 0 Å². The fourth-order valence-electron chi connectivity index (χ4n) is 3.18. The summed E-state index contributed by atoms with van der Waals surface area (Å²) in [5, 5.41) is 6.85. The van der Waals surface area contributed by atoms with Crippen LogP contribution >= 0.6 is 0 Å². The van der Waals surface area contributed by atoms with Crippen molar-refractivity contribution < 1.29 is 0 Å². The van der Waals surface area contributed by atoms with Crippen LogP contribution < -0.4 is 10.6 Å². The lowest BCUT2D eigenvalue weighted by Gasteiger charge is -2.32. The molecule has 2 N–H and O–H groups in total. The number of aromatic nitrogens is 2. The van der Waals surface area contributed by atoms with E-state index in [-0.39, 0.29) is 0 Å². The Kier molecular flexibility index (Phi) is 7.59. The largest absolute Gasteiger partial charge is 0.369 e. The zero-order valence-corrected chi connectivity index (χ0v) is 17.4. The van der Waals surface area contributed by atoms with Gasteiger partial charge in [-0.1, -0.05) is 30.3 Å². The van der Waals surface area contributed by atoms with Crippen LogP contribution in [0.15, 0.2) is 36.4 Å². The van der Waals surface area contributed by atoms with E-state index >= 15 is 0 Å². The Balaban J connectivity index is 1.64. The second-order valence-corrected chi connectivity index (χ2v) is 7.63. The van der Waals surface area contributed by atoms with Gasteiger partial charge in [0.15, 0.2) is 0 Å². The molecule has 1 saturated heterocycles. The zero-order chi connectivity index (χ0) is 19.8. The van der Waals surface area contributed by atoms with E-state index < -0.39 is 0 Å². The van der Waals surface area contributed by atoms with Gasteiger partial charge in [0.2, 0.25) is 5.95 Å². The van der Waals surface area contributed by atoms with Crippen LogP contribution in [0.5, 0.6) is 0 Å². The van der Waals surface area contributed by atoms with Gasteiger partial charge in [0.05, 0.1) is 5.69 Å². The van der Waals surface area contributed by atoms with E-state index in [1.807, 2.05) is 24.3 Å². The van der Waals surface area contributed by atoms with E-state index in [1.54, 1.807) is 0 Å². The van der Waals surface area contributed by atoms with Crippen molar-refractivity contribution in [1.29, 1.82) is 0 Å². The average molecular weight is 384 g/mol. The van der Waals surface area contributed by atoms with Crippen LogP contribution in [0.25, 0.3) is 11.3 Å². The molecule has 3 rings (SSSR count). The molecule has 2 aromatic rings. The summed E-state index contributed by atoms with van der Waals surface area (Å²) in [5.41, 5.74) is 2.03. The van der Waals surface area contributed by atoms with Crippen LogP contribution in [-0.2, 0) is 0 Å². The molecule has 0 spiro atoms. The minimum atomic E-state index is 0.672. The van der Waals surface area contributed by atoms with Crippen molar-refractivity contribution >= 4 is 11.8 Å². The zero-order valence-electron chi connectivity index (χ0n) is 17.4. The fourth-order valence-corrected chi connectivity index (χ4v) is 3.18. The number of likely N-dealkylation sites (N-methyl/N-ethyl adjacent to an activating group) is 2. The van der Waals surface area contributed by atoms with Gasteiger partial charge in [-0.05, 0) is 21.1 Å². The maximum atomic E-state index is 4.71. The Hall–Kier alpha value is -2.22. The highest BCUT2D eigenvalue weighted by Crippen LogP contribution is 2.21. The van der Waals surface area contributed by atoms with Crippen molar-refractivity contribution in [2.45, 2.75) is 0 Å². The molecule has 7 heteroatoms. The lowest BCUT2D eigenvalue weighted by molar-refractivity contribution is 0.158. The Bertz CT molecular complexity index is 712. The second-order valence-electron chi connectivity index (χ2n) is 7.63. The predicted octanol–water partition coefficient (Wildman–Crippen LogP) is 1.78.